The van der Waals surface area contributed by atoms with Gasteiger partial charge < -0.3 is 19.2 Å². The van der Waals surface area contributed by atoms with Crippen LogP contribution in [0.5, 0.6) is 11.8 Å². The minimum Gasteiger partial charge on any atom is -0.474 e. The van der Waals surface area contributed by atoms with Crippen LogP contribution in [-0.2, 0) is 4.74 Å². The minimum absolute atomic E-state index is 0.143. The zero-order valence-electron chi connectivity index (χ0n) is 20.9. The van der Waals surface area contributed by atoms with E-state index in [4.69, 9.17) is 14.3 Å². The van der Waals surface area contributed by atoms with Crippen molar-refractivity contribution in [1.82, 2.24) is 14.9 Å². The Bertz CT molecular complexity index is 1260. The van der Waals surface area contributed by atoms with Crippen molar-refractivity contribution in [2.45, 2.75) is 45.8 Å². The molecule has 2 heterocycles. The molecule has 8 nitrogen and oxygen atoms in total. The molecule has 0 bridgehead atoms. The van der Waals surface area contributed by atoms with Crippen LogP contribution >= 0.6 is 0 Å². The molecule has 0 radical (unpaired) electrons. The summed E-state index contributed by atoms with van der Waals surface area (Å²) in [5.41, 5.74) is 1.83. The summed E-state index contributed by atoms with van der Waals surface area (Å²) in [6.07, 6.45) is 1.92. The Kier molecular flexibility index (Phi) is 8.27. The molecule has 10 heteroatoms. The standard InChI is InChI=1S/C27H28F2N4O4/c1-17(2)35-27(34)33-13-11-21(12-14-33)36-25-18(3)26(31-16-30-25)37-32-24(19-7-5-4-6-8-19)20-9-10-22(28)23(29)15-20/h4-10,15-17,21H,11-14H2,1-3H3/b32-24-. The molecule has 4 rings (SSSR count). The molecule has 1 aromatic heterocycles. The number of piperidine rings is 1. The molecule has 2 aromatic carbocycles. The highest BCUT2D eigenvalue weighted by atomic mass is 19.2. The molecule has 0 saturated carbocycles. The Labute approximate surface area is 213 Å². The molecule has 1 aliphatic heterocycles. The number of rotatable bonds is 7. The summed E-state index contributed by atoms with van der Waals surface area (Å²) in [6, 6.07) is 12.6. The first kappa shape index (κ1) is 26.0. The molecular formula is C27H28F2N4O4. The smallest absolute Gasteiger partial charge is 0.410 e. The third kappa shape index (κ3) is 6.58. The van der Waals surface area contributed by atoms with Crippen LogP contribution in [0.25, 0.3) is 0 Å². The fourth-order valence-corrected chi connectivity index (χ4v) is 3.82. The summed E-state index contributed by atoms with van der Waals surface area (Å²) in [7, 11) is 0. The van der Waals surface area contributed by atoms with Crippen LogP contribution in [0.1, 0.15) is 43.4 Å². The van der Waals surface area contributed by atoms with Gasteiger partial charge in [-0.05, 0) is 39.0 Å². The highest BCUT2D eigenvalue weighted by molar-refractivity contribution is 6.12. The van der Waals surface area contributed by atoms with Gasteiger partial charge in [0.1, 0.15) is 18.1 Å². The minimum atomic E-state index is -0.987. The van der Waals surface area contributed by atoms with Crippen LogP contribution in [0.2, 0.25) is 0 Å². The van der Waals surface area contributed by atoms with Gasteiger partial charge >= 0.3 is 6.09 Å². The van der Waals surface area contributed by atoms with E-state index in [9.17, 15) is 13.6 Å². The van der Waals surface area contributed by atoms with Gasteiger partial charge in [0.05, 0.1) is 11.7 Å². The number of carbonyl (C=O) groups excluding carboxylic acids is 1. The quantitative estimate of drug-likeness (QED) is 0.317. The number of oxime groups is 1. The van der Waals surface area contributed by atoms with Crippen LogP contribution in [0.15, 0.2) is 60.0 Å². The van der Waals surface area contributed by atoms with Crippen LogP contribution in [-0.4, -0.2) is 52.0 Å². The lowest BCUT2D eigenvalue weighted by Crippen LogP contribution is -2.42. The first-order valence-corrected chi connectivity index (χ1v) is 12.0. The summed E-state index contributed by atoms with van der Waals surface area (Å²) in [6.45, 7) is 6.41. The zero-order valence-corrected chi connectivity index (χ0v) is 20.9. The van der Waals surface area contributed by atoms with Gasteiger partial charge in [0.15, 0.2) is 11.6 Å². The second-order valence-electron chi connectivity index (χ2n) is 8.87. The first-order valence-electron chi connectivity index (χ1n) is 12.0. The van der Waals surface area contributed by atoms with E-state index in [2.05, 4.69) is 15.1 Å². The summed E-state index contributed by atoms with van der Waals surface area (Å²) < 4.78 is 38.8. The van der Waals surface area contributed by atoms with E-state index >= 15 is 0 Å². The zero-order chi connectivity index (χ0) is 26.4. The van der Waals surface area contributed by atoms with Crippen molar-refractivity contribution in [3.63, 3.8) is 0 Å². The number of aromatic nitrogens is 2. The number of likely N-dealkylation sites (tertiary alicyclic amines) is 1. The SMILES string of the molecule is Cc1c(O/N=C(/c2ccccc2)c2ccc(F)c(F)c2)ncnc1OC1CCN(C(=O)OC(C)C)CC1. The van der Waals surface area contributed by atoms with Gasteiger partial charge in [-0.3, -0.25) is 0 Å². The van der Waals surface area contributed by atoms with E-state index in [0.29, 0.717) is 54.2 Å². The third-order valence-electron chi connectivity index (χ3n) is 5.77. The average Bonchev–Trinajstić information content (AvgIpc) is 2.89. The predicted octanol–water partition coefficient (Wildman–Crippen LogP) is 5.28. The lowest BCUT2D eigenvalue weighted by molar-refractivity contribution is 0.0504. The molecule has 0 N–H and O–H groups in total. The van der Waals surface area contributed by atoms with Gasteiger partial charge in [-0.2, -0.15) is 4.98 Å². The van der Waals surface area contributed by atoms with Crippen LogP contribution in [0.4, 0.5) is 13.6 Å². The topological polar surface area (TPSA) is 86.1 Å². The number of benzene rings is 2. The molecule has 37 heavy (non-hydrogen) atoms. The van der Waals surface area contributed by atoms with Crippen molar-refractivity contribution in [3.05, 3.63) is 83.2 Å². The Balaban J connectivity index is 1.49. The molecule has 0 aliphatic carbocycles. The number of carbonyl (C=O) groups is 1. The number of amides is 1. The molecule has 1 aliphatic rings. The van der Waals surface area contributed by atoms with Crippen LogP contribution in [0, 0.1) is 18.6 Å². The summed E-state index contributed by atoms with van der Waals surface area (Å²) in [5, 5.41) is 4.23. The van der Waals surface area contributed by atoms with E-state index in [-0.39, 0.29) is 24.2 Å². The molecule has 1 fully saturated rings. The highest BCUT2D eigenvalue weighted by Gasteiger charge is 2.26. The number of ether oxygens (including phenoxy) is 2. The Morgan fingerprint density at radius 3 is 2.38 bits per heavy atom. The van der Waals surface area contributed by atoms with Crippen molar-refractivity contribution in [2.75, 3.05) is 13.1 Å². The lowest BCUT2D eigenvalue weighted by Gasteiger charge is -2.31. The molecule has 0 spiro atoms. The molecule has 0 unspecified atom stereocenters. The molecule has 3 aromatic rings. The second-order valence-corrected chi connectivity index (χ2v) is 8.87. The summed E-state index contributed by atoms with van der Waals surface area (Å²) >= 11 is 0. The Morgan fingerprint density at radius 1 is 1.00 bits per heavy atom. The van der Waals surface area contributed by atoms with Gasteiger partial charge in [-0.15, -0.1) is 0 Å². The molecule has 194 valence electrons. The largest absolute Gasteiger partial charge is 0.474 e. The van der Waals surface area contributed by atoms with E-state index in [0.717, 1.165) is 12.1 Å². The Hall–Kier alpha value is -4.08. The van der Waals surface area contributed by atoms with Crippen molar-refractivity contribution in [3.8, 4) is 11.8 Å². The van der Waals surface area contributed by atoms with Gasteiger partial charge in [0.25, 0.3) is 5.88 Å². The maximum absolute atomic E-state index is 13.9. The third-order valence-corrected chi connectivity index (χ3v) is 5.77. The van der Waals surface area contributed by atoms with Gasteiger partial charge in [0, 0.05) is 37.1 Å². The van der Waals surface area contributed by atoms with Crippen molar-refractivity contribution < 1.29 is 27.9 Å². The Morgan fingerprint density at radius 2 is 1.70 bits per heavy atom. The fourth-order valence-electron chi connectivity index (χ4n) is 3.82. The molecule has 1 saturated heterocycles. The number of hydrogen-bond donors (Lipinski definition) is 0. The number of halogens is 2. The molecule has 0 atom stereocenters. The monoisotopic (exact) mass is 510 g/mol. The summed E-state index contributed by atoms with van der Waals surface area (Å²) in [5.74, 6) is -1.43. The van der Waals surface area contributed by atoms with Crippen molar-refractivity contribution in [1.29, 1.82) is 0 Å². The van der Waals surface area contributed by atoms with E-state index in [1.807, 2.05) is 19.9 Å². The maximum atomic E-state index is 13.9. The number of hydrogen-bond acceptors (Lipinski definition) is 7. The van der Waals surface area contributed by atoms with Gasteiger partial charge in [-0.25, -0.2) is 18.6 Å². The van der Waals surface area contributed by atoms with E-state index < -0.39 is 11.6 Å². The van der Waals surface area contributed by atoms with E-state index in [1.165, 1.54) is 12.4 Å². The maximum Gasteiger partial charge on any atom is 0.410 e. The van der Waals surface area contributed by atoms with E-state index in [1.54, 1.807) is 36.1 Å². The number of nitrogens with zero attached hydrogens (tertiary/aromatic N) is 4. The highest BCUT2D eigenvalue weighted by Crippen LogP contribution is 2.26. The van der Waals surface area contributed by atoms with Gasteiger partial charge in [0.2, 0.25) is 5.88 Å². The second kappa shape index (κ2) is 11.8. The normalized spacial score (nSPS) is 14.5. The van der Waals surface area contributed by atoms with Crippen molar-refractivity contribution >= 4 is 11.8 Å². The summed E-state index contributed by atoms with van der Waals surface area (Å²) in [4.78, 5) is 27.8. The predicted molar refractivity (Wildman–Crippen MR) is 133 cm³/mol. The molecule has 1 amide bonds. The van der Waals surface area contributed by atoms with Crippen LogP contribution < -0.4 is 9.57 Å². The fraction of sp³-hybridized carbons (Fsp3) is 0.333. The molecular weight excluding hydrogens is 482 g/mol. The van der Waals surface area contributed by atoms with Crippen molar-refractivity contribution in [2.24, 2.45) is 5.16 Å². The lowest BCUT2D eigenvalue weighted by atomic mass is 10.0. The first-order chi connectivity index (χ1) is 17.8. The van der Waals surface area contributed by atoms with Gasteiger partial charge in [-0.1, -0.05) is 35.5 Å². The average molecular weight is 511 g/mol. The van der Waals surface area contributed by atoms with Crippen LogP contribution in [0.3, 0.4) is 0 Å².